The van der Waals surface area contributed by atoms with Gasteiger partial charge in [0.15, 0.2) is 6.61 Å². The highest BCUT2D eigenvalue weighted by Crippen LogP contribution is 2.27. The minimum Gasteiger partial charge on any atom is -0.452 e. The van der Waals surface area contributed by atoms with E-state index in [2.05, 4.69) is 21.2 Å². The van der Waals surface area contributed by atoms with Crippen molar-refractivity contribution in [3.05, 3.63) is 28.2 Å². The number of rotatable bonds is 5. The Kier molecular flexibility index (Phi) is 4.42. The van der Waals surface area contributed by atoms with Crippen molar-refractivity contribution in [1.29, 1.82) is 0 Å². The molecule has 5 nitrogen and oxygen atoms in total. The van der Waals surface area contributed by atoms with Crippen molar-refractivity contribution < 1.29 is 14.3 Å². The fourth-order valence-corrected chi connectivity index (χ4v) is 2.09. The molecule has 6 heteroatoms. The van der Waals surface area contributed by atoms with Gasteiger partial charge in [-0.15, -0.1) is 0 Å². The molecule has 0 bridgehead atoms. The molecule has 0 aliphatic heterocycles. The topological polar surface area (TPSA) is 81.4 Å². The van der Waals surface area contributed by atoms with E-state index >= 15 is 0 Å². The molecule has 0 atom stereocenters. The molecule has 0 heterocycles. The monoisotopic (exact) mass is 326 g/mol. The average molecular weight is 327 g/mol. The van der Waals surface area contributed by atoms with Crippen molar-refractivity contribution >= 4 is 33.5 Å². The van der Waals surface area contributed by atoms with Gasteiger partial charge >= 0.3 is 5.97 Å². The molecule has 19 heavy (non-hydrogen) atoms. The highest BCUT2D eigenvalue weighted by molar-refractivity contribution is 9.10. The van der Waals surface area contributed by atoms with Crippen LogP contribution in [0.4, 0.5) is 5.69 Å². The summed E-state index contributed by atoms with van der Waals surface area (Å²) in [6, 6.07) is 4.79. The summed E-state index contributed by atoms with van der Waals surface area (Å²) in [5.74, 6) is -0.234. The largest absolute Gasteiger partial charge is 0.452 e. The van der Waals surface area contributed by atoms with E-state index in [1.165, 1.54) is 6.07 Å². The lowest BCUT2D eigenvalue weighted by Crippen LogP contribution is -2.30. The van der Waals surface area contributed by atoms with Crippen LogP contribution in [0, 0.1) is 5.92 Å². The molecule has 1 saturated carbocycles. The van der Waals surface area contributed by atoms with Crippen LogP contribution in [-0.4, -0.2) is 25.0 Å². The van der Waals surface area contributed by atoms with Gasteiger partial charge in [-0.1, -0.05) is 15.9 Å². The SMILES string of the molecule is Nc1cc(Br)cc(C(=O)OCC(=O)NCC2CC2)c1. The number of nitrogen functional groups attached to an aromatic ring is 1. The number of hydrogen-bond acceptors (Lipinski definition) is 4. The number of benzene rings is 1. The Balaban J connectivity index is 1.80. The molecule has 1 fully saturated rings. The van der Waals surface area contributed by atoms with Gasteiger partial charge in [0.25, 0.3) is 5.91 Å². The maximum Gasteiger partial charge on any atom is 0.338 e. The van der Waals surface area contributed by atoms with E-state index in [4.69, 9.17) is 10.5 Å². The van der Waals surface area contributed by atoms with E-state index in [1.54, 1.807) is 12.1 Å². The second kappa shape index (κ2) is 6.06. The van der Waals surface area contributed by atoms with Crippen molar-refractivity contribution in [2.45, 2.75) is 12.8 Å². The number of carbonyl (C=O) groups is 2. The van der Waals surface area contributed by atoms with Gasteiger partial charge in [-0.3, -0.25) is 4.79 Å². The molecule has 1 aliphatic carbocycles. The van der Waals surface area contributed by atoms with E-state index < -0.39 is 5.97 Å². The lowest BCUT2D eigenvalue weighted by atomic mass is 10.2. The Labute approximate surface area is 119 Å². The van der Waals surface area contributed by atoms with Gasteiger partial charge in [-0.05, 0) is 37.0 Å². The smallest absolute Gasteiger partial charge is 0.338 e. The molecule has 0 spiro atoms. The first-order valence-electron chi connectivity index (χ1n) is 6.04. The molecule has 0 unspecified atom stereocenters. The molecule has 0 radical (unpaired) electrons. The number of amides is 1. The quantitative estimate of drug-likeness (QED) is 0.637. The Morgan fingerprint density at radius 2 is 2.11 bits per heavy atom. The molecular formula is C13H15BrN2O3. The van der Waals surface area contributed by atoms with Gasteiger partial charge in [-0.25, -0.2) is 4.79 Å². The summed E-state index contributed by atoms with van der Waals surface area (Å²) < 4.78 is 5.62. The van der Waals surface area contributed by atoms with E-state index in [-0.39, 0.29) is 12.5 Å². The van der Waals surface area contributed by atoms with Crippen LogP contribution in [0.3, 0.4) is 0 Å². The molecule has 1 aliphatic rings. The summed E-state index contributed by atoms with van der Waals surface area (Å²) >= 11 is 3.24. The Morgan fingerprint density at radius 3 is 2.74 bits per heavy atom. The van der Waals surface area contributed by atoms with Gasteiger partial charge in [0.05, 0.1) is 5.56 Å². The van der Waals surface area contributed by atoms with Gasteiger partial charge in [0, 0.05) is 16.7 Å². The van der Waals surface area contributed by atoms with Crippen molar-refractivity contribution in [2.24, 2.45) is 5.92 Å². The lowest BCUT2D eigenvalue weighted by molar-refractivity contribution is -0.124. The third-order valence-electron chi connectivity index (χ3n) is 2.78. The van der Waals surface area contributed by atoms with Crippen LogP contribution >= 0.6 is 15.9 Å². The predicted molar refractivity (Wildman–Crippen MR) is 74.6 cm³/mol. The van der Waals surface area contributed by atoms with E-state index in [1.807, 2.05) is 0 Å². The van der Waals surface area contributed by atoms with Crippen molar-refractivity contribution in [2.75, 3.05) is 18.9 Å². The zero-order valence-corrected chi connectivity index (χ0v) is 11.9. The predicted octanol–water partition coefficient (Wildman–Crippen LogP) is 1.71. The average Bonchev–Trinajstić information content (AvgIpc) is 3.16. The first-order valence-corrected chi connectivity index (χ1v) is 6.84. The maximum absolute atomic E-state index is 11.7. The molecule has 1 aromatic carbocycles. The number of halogens is 1. The normalized spacial score (nSPS) is 13.9. The van der Waals surface area contributed by atoms with Crippen LogP contribution in [0.25, 0.3) is 0 Å². The third kappa shape index (κ3) is 4.55. The molecular weight excluding hydrogens is 312 g/mol. The number of ether oxygens (including phenoxy) is 1. The number of carbonyl (C=O) groups excluding carboxylic acids is 2. The molecule has 3 N–H and O–H groups in total. The van der Waals surface area contributed by atoms with Crippen LogP contribution in [0.1, 0.15) is 23.2 Å². The Morgan fingerprint density at radius 1 is 1.37 bits per heavy atom. The van der Waals surface area contributed by atoms with Crippen LogP contribution in [-0.2, 0) is 9.53 Å². The van der Waals surface area contributed by atoms with Crippen LogP contribution < -0.4 is 11.1 Å². The summed E-state index contributed by atoms with van der Waals surface area (Å²) in [4.78, 5) is 23.1. The maximum atomic E-state index is 11.7. The minimum atomic E-state index is -0.561. The standard InChI is InChI=1S/C13H15BrN2O3/c14-10-3-9(4-11(15)5-10)13(18)19-7-12(17)16-6-8-1-2-8/h3-5,8H,1-2,6-7,15H2,(H,16,17). The Bertz CT molecular complexity index is 480. The van der Waals surface area contributed by atoms with Gasteiger partial charge in [0.2, 0.25) is 0 Å². The molecule has 1 aromatic rings. The molecule has 2 rings (SSSR count). The van der Waals surface area contributed by atoms with Crippen molar-refractivity contribution in [3.63, 3.8) is 0 Å². The number of anilines is 1. The summed E-state index contributed by atoms with van der Waals surface area (Å²) in [6.07, 6.45) is 2.33. The van der Waals surface area contributed by atoms with Crippen LogP contribution in [0.5, 0.6) is 0 Å². The van der Waals surface area contributed by atoms with Crippen LogP contribution in [0.15, 0.2) is 22.7 Å². The molecule has 0 aromatic heterocycles. The molecule has 102 valence electrons. The van der Waals surface area contributed by atoms with Crippen LogP contribution in [0.2, 0.25) is 0 Å². The fourth-order valence-electron chi connectivity index (χ4n) is 1.58. The number of hydrogen-bond donors (Lipinski definition) is 2. The van der Waals surface area contributed by atoms with Gasteiger partial charge < -0.3 is 15.8 Å². The number of nitrogens with two attached hydrogens (primary N) is 1. The highest BCUT2D eigenvalue weighted by atomic mass is 79.9. The summed E-state index contributed by atoms with van der Waals surface area (Å²) in [5, 5.41) is 2.72. The molecule has 0 saturated heterocycles. The highest BCUT2D eigenvalue weighted by Gasteiger charge is 2.21. The van der Waals surface area contributed by atoms with E-state index in [0.29, 0.717) is 28.2 Å². The summed E-state index contributed by atoms with van der Waals surface area (Å²) in [7, 11) is 0. The second-order valence-electron chi connectivity index (χ2n) is 4.60. The van der Waals surface area contributed by atoms with Gasteiger partial charge in [-0.2, -0.15) is 0 Å². The molecule has 1 amide bonds. The zero-order chi connectivity index (χ0) is 13.8. The van der Waals surface area contributed by atoms with Crippen molar-refractivity contribution in [3.8, 4) is 0 Å². The van der Waals surface area contributed by atoms with E-state index in [0.717, 1.165) is 12.8 Å². The summed E-state index contributed by atoms with van der Waals surface area (Å²) in [5.41, 5.74) is 6.40. The summed E-state index contributed by atoms with van der Waals surface area (Å²) in [6.45, 7) is 0.401. The van der Waals surface area contributed by atoms with Gasteiger partial charge in [0.1, 0.15) is 0 Å². The fraction of sp³-hybridized carbons (Fsp3) is 0.385. The second-order valence-corrected chi connectivity index (χ2v) is 5.51. The zero-order valence-electron chi connectivity index (χ0n) is 10.3. The number of esters is 1. The van der Waals surface area contributed by atoms with Crippen molar-refractivity contribution in [1.82, 2.24) is 5.32 Å². The third-order valence-corrected chi connectivity index (χ3v) is 3.23. The lowest BCUT2D eigenvalue weighted by Gasteiger charge is -2.07. The first-order chi connectivity index (χ1) is 9.04. The van der Waals surface area contributed by atoms with E-state index in [9.17, 15) is 9.59 Å². The Hall–Kier alpha value is -1.56. The first kappa shape index (κ1) is 13.9. The number of nitrogens with one attached hydrogen (secondary N) is 1. The minimum absolute atomic E-state index is 0.266.